The third-order valence-electron chi connectivity index (χ3n) is 4.39. The molecule has 2 fully saturated rings. The van der Waals surface area contributed by atoms with Crippen molar-refractivity contribution >= 4 is 10.8 Å². The van der Waals surface area contributed by atoms with Crippen LogP contribution in [0, 0.1) is 11.3 Å². The van der Waals surface area contributed by atoms with E-state index in [9.17, 15) is 14.6 Å². The van der Waals surface area contributed by atoms with Crippen LogP contribution in [0.3, 0.4) is 0 Å². The predicted molar refractivity (Wildman–Crippen MR) is 73.9 cm³/mol. The predicted octanol–water partition coefficient (Wildman–Crippen LogP) is 2.21. The second-order valence-corrected chi connectivity index (χ2v) is 7.59. The lowest BCUT2D eigenvalue weighted by atomic mass is 9.79. The summed E-state index contributed by atoms with van der Waals surface area (Å²) in [5, 5.41) is 20.4. The average Bonchev–Trinajstić information content (AvgIpc) is 2.41. The Morgan fingerprint density at radius 3 is 2.53 bits per heavy atom. The molecule has 0 aromatic heterocycles. The van der Waals surface area contributed by atoms with Crippen molar-refractivity contribution in [2.75, 3.05) is 0 Å². The van der Waals surface area contributed by atoms with Crippen LogP contribution in [0.25, 0.3) is 0 Å². The van der Waals surface area contributed by atoms with E-state index >= 15 is 0 Å². The van der Waals surface area contributed by atoms with Crippen LogP contribution < -0.4 is 0 Å². The highest BCUT2D eigenvalue weighted by Gasteiger charge is 2.47. The molecule has 3 nitrogen and oxygen atoms in total. The van der Waals surface area contributed by atoms with Crippen molar-refractivity contribution in [3.8, 4) is 6.07 Å². The number of nitriles is 1. The summed E-state index contributed by atoms with van der Waals surface area (Å²) < 4.78 is 12.2. The van der Waals surface area contributed by atoms with Crippen molar-refractivity contribution in [2.24, 2.45) is 0 Å². The van der Waals surface area contributed by atoms with Crippen LogP contribution in [0.1, 0.15) is 43.2 Å². The third-order valence-corrected chi connectivity index (χ3v) is 6.51. The second kappa shape index (κ2) is 4.73. The number of hydrogen-bond donors (Lipinski definition) is 1. The molecule has 2 atom stereocenters. The molecule has 2 heterocycles. The van der Waals surface area contributed by atoms with Gasteiger partial charge >= 0.3 is 0 Å². The molecule has 2 saturated heterocycles. The summed E-state index contributed by atoms with van der Waals surface area (Å²) in [4.78, 5) is 0. The minimum Gasteiger partial charge on any atom is -0.385 e. The third kappa shape index (κ3) is 2.11. The molecule has 0 amide bonds. The monoisotopic (exact) mass is 275 g/mol. The fourth-order valence-corrected chi connectivity index (χ4v) is 5.71. The number of hydrogen-bond acceptors (Lipinski definition) is 3. The highest BCUT2D eigenvalue weighted by atomic mass is 32.2. The number of aliphatic hydroxyl groups is 1. The molecule has 0 spiro atoms. The summed E-state index contributed by atoms with van der Waals surface area (Å²) in [7, 11) is -0.808. The number of benzene rings is 1. The molecule has 2 unspecified atom stereocenters. The van der Waals surface area contributed by atoms with E-state index in [1.54, 1.807) is 6.07 Å². The highest BCUT2D eigenvalue weighted by molar-refractivity contribution is 7.86. The molecular formula is C15H17NO2S. The van der Waals surface area contributed by atoms with Gasteiger partial charge in [-0.3, -0.25) is 4.21 Å². The van der Waals surface area contributed by atoms with Crippen LogP contribution in [-0.2, 0) is 16.4 Å². The van der Waals surface area contributed by atoms with Gasteiger partial charge in [0.25, 0.3) is 0 Å². The zero-order chi connectivity index (χ0) is 13.5. The van der Waals surface area contributed by atoms with Gasteiger partial charge in [0, 0.05) is 26.9 Å². The average molecular weight is 275 g/mol. The van der Waals surface area contributed by atoms with Gasteiger partial charge in [-0.25, -0.2) is 0 Å². The Hall–Kier alpha value is -1.18. The Balaban J connectivity index is 2.00. The molecular weight excluding hydrogens is 258 g/mol. The molecule has 1 N–H and O–H groups in total. The topological polar surface area (TPSA) is 61.1 Å². The minimum atomic E-state index is -0.976. The number of rotatable bonds is 1. The van der Waals surface area contributed by atoms with E-state index in [4.69, 9.17) is 0 Å². The quantitative estimate of drug-likeness (QED) is 0.854. The first-order valence-electron chi connectivity index (χ1n) is 6.75. The Bertz CT molecular complexity index is 548. The largest absolute Gasteiger partial charge is 0.385 e. The molecule has 4 heteroatoms. The van der Waals surface area contributed by atoms with E-state index in [1.807, 2.05) is 18.2 Å². The zero-order valence-corrected chi connectivity index (χ0v) is 11.5. The van der Waals surface area contributed by atoms with Gasteiger partial charge in [0.2, 0.25) is 0 Å². The van der Waals surface area contributed by atoms with E-state index in [-0.39, 0.29) is 10.5 Å². The van der Waals surface area contributed by atoms with Crippen LogP contribution in [0.4, 0.5) is 0 Å². The van der Waals surface area contributed by atoms with Gasteiger partial charge in [-0.2, -0.15) is 5.26 Å². The summed E-state index contributed by atoms with van der Waals surface area (Å²) in [5.41, 5.74) is 0.276. The summed E-state index contributed by atoms with van der Waals surface area (Å²) in [5.74, 6) is 0. The highest BCUT2D eigenvalue weighted by Crippen LogP contribution is 2.45. The standard InChI is InChI=1S/C15H17NO2S/c16-10-11-4-1-2-7-14(11)15(17)8-12-5-3-6-13(9-15)19(12)18/h1-2,4,7,12-13,17H,3,5-6,8-9H2. The first-order valence-corrected chi connectivity index (χ1v) is 8.03. The maximum atomic E-state index is 12.2. The van der Waals surface area contributed by atoms with Crippen LogP contribution in [0.5, 0.6) is 0 Å². The van der Waals surface area contributed by atoms with Gasteiger partial charge in [-0.1, -0.05) is 24.6 Å². The Morgan fingerprint density at radius 2 is 1.89 bits per heavy atom. The minimum absolute atomic E-state index is 0.0873. The van der Waals surface area contributed by atoms with E-state index < -0.39 is 16.4 Å². The summed E-state index contributed by atoms with van der Waals surface area (Å²) >= 11 is 0. The summed E-state index contributed by atoms with van der Waals surface area (Å²) in [6.45, 7) is 0. The van der Waals surface area contributed by atoms with Gasteiger partial charge < -0.3 is 5.11 Å². The van der Waals surface area contributed by atoms with Crippen LogP contribution >= 0.6 is 0 Å². The lowest BCUT2D eigenvalue weighted by Crippen LogP contribution is -2.47. The molecule has 2 aliphatic heterocycles. The lowest BCUT2D eigenvalue weighted by molar-refractivity contribution is 0.00630. The molecule has 1 aromatic rings. The maximum absolute atomic E-state index is 12.2. The number of nitrogens with zero attached hydrogens (tertiary/aromatic N) is 1. The van der Waals surface area contributed by atoms with E-state index in [0.29, 0.717) is 24.0 Å². The molecule has 1 aromatic carbocycles. The summed E-state index contributed by atoms with van der Waals surface area (Å²) in [6.07, 6.45) is 4.01. The van der Waals surface area contributed by atoms with Crippen molar-refractivity contribution in [3.05, 3.63) is 35.4 Å². The fourth-order valence-electron chi connectivity index (χ4n) is 3.49. The van der Waals surface area contributed by atoms with Crippen molar-refractivity contribution in [1.29, 1.82) is 5.26 Å². The van der Waals surface area contributed by atoms with Gasteiger partial charge in [-0.15, -0.1) is 0 Å². The molecule has 0 radical (unpaired) electrons. The normalized spacial score (nSPS) is 37.6. The van der Waals surface area contributed by atoms with E-state index in [0.717, 1.165) is 19.3 Å². The Labute approximate surface area is 115 Å². The first-order chi connectivity index (χ1) is 9.14. The van der Waals surface area contributed by atoms with Gasteiger partial charge in [0.05, 0.1) is 17.2 Å². The molecule has 3 rings (SSSR count). The van der Waals surface area contributed by atoms with Crippen molar-refractivity contribution in [2.45, 2.75) is 48.2 Å². The number of fused-ring (bicyclic) bond motifs is 2. The molecule has 2 bridgehead atoms. The van der Waals surface area contributed by atoms with Gasteiger partial charge in [0.15, 0.2) is 0 Å². The maximum Gasteiger partial charge on any atom is 0.0995 e. The first kappa shape index (κ1) is 12.8. The van der Waals surface area contributed by atoms with E-state index in [1.165, 1.54) is 0 Å². The second-order valence-electron chi connectivity index (χ2n) is 5.60. The van der Waals surface area contributed by atoms with Crippen LogP contribution in [-0.4, -0.2) is 19.8 Å². The lowest BCUT2D eigenvalue weighted by Gasteiger charge is -2.44. The van der Waals surface area contributed by atoms with Crippen molar-refractivity contribution < 1.29 is 9.32 Å². The van der Waals surface area contributed by atoms with E-state index in [2.05, 4.69) is 6.07 Å². The van der Waals surface area contributed by atoms with Crippen molar-refractivity contribution in [1.82, 2.24) is 0 Å². The van der Waals surface area contributed by atoms with Crippen molar-refractivity contribution in [3.63, 3.8) is 0 Å². The molecule has 100 valence electrons. The SMILES string of the molecule is N#Cc1ccccc1C1(O)CC2CCCC(C1)S2=O. The fraction of sp³-hybridized carbons (Fsp3) is 0.533. The smallest absolute Gasteiger partial charge is 0.0995 e. The van der Waals surface area contributed by atoms with Crippen LogP contribution in [0.2, 0.25) is 0 Å². The Kier molecular flexibility index (Phi) is 3.20. The zero-order valence-electron chi connectivity index (χ0n) is 10.7. The molecule has 0 saturated carbocycles. The summed E-state index contributed by atoms with van der Waals surface area (Å²) in [6, 6.07) is 9.41. The van der Waals surface area contributed by atoms with Gasteiger partial charge in [0.1, 0.15) is 0 Å². The molecule has 2 aliphatic rings. The van der Waals surface area contributed by atoms with Gasteiger partial charge in [-0.05, 0) is 31.7 Å². The van der Waals surface area contributed by atoms with Crippen LogP contribution in [0.15, 0.2) is 24.3 Å². The molecule has 19 heavy (non-hydrogen) atoms. The Morgan fingerprint density at radius 1 is 1.26 bits per heavy atom. The molecule has 0 aliphatic carbocycles.